The highest BCUT2D eigenvalue weighted by atomic mass is 32.1. The predicted octanol–water partition coefficient (Wildman–Crippen LogP) is 2.57. The summed E-state index contributed by atoms with van der Waals surface area (Å²) < 4.78 is 0. The fourth-order valence-electron chi connectivity index (χ4n) is 2.88. The Kier molecular flexibility index (Phi) is 3.99. The van der Waals surface area contributed by atoms with Crippen LogP contribution >= 0.6 is 11.3 Å². The molecule has 3 heterocycles. The number of hydrogen-bond acceptors (Lipinski definition) is 6. The summed E-state index contributed by atoms with van der Waals surface area (Å²) >= 11 is 1.81. The molecule has 1 aliphatic heterocycles. The van der Waals surface area contributed by atoms with Gasteiger partial charge in [-0.3, -0.25) is 0 Å². The topological polar surface area (TPSA) is 53.1 Å². The van der Waals surface area contributed by atoms with Gasteiger partial charge in [0.25, 0.3) is 0 Å². The van der Waals surface area contributed by atoms with E-state index in [1.807, 2.05) is 7.05 Å². The van der Waals surface area contributed by atoms with E-state index in [4.69, 9.17) is 9.97 Å². The maximum absolute atomic E-state index is 4.84. The van der Waals surface area contributed by atoms with Gasteiger partial charge in [0.1, 0.15) is 10.6 Å². The smallest absolute Gasteiger partial charge is 0.228 e. The van der Waals surface area contributed by atoms with Gasteiger partial charge in [-0.25, -0.2) is 4.98 Å². The van der Waals surface area contributed by atoms with Crippen molar-refractivity contribution in [1.29, 1.82) is 0 Å². The van der Waals surface area contributed by atoms with E-state index in [0.29, 0.717) is 5.92 Å². The molecular weight excluding hydrogens is 282 g/mol. The Morgan fingerprint density at radius 2 is 1.95 bits per heavy atom. The molecule has 0 radical (unpaired) electrons. The second-order valence-corrected chi connectivity index (χ2v) is 6.82. The first-order valence-corrected chi connectivity index (χ1v) is 8.38. The van der Waals surface area contributed by atoms with Crippen molar-refractivity contribution in [3.63, 3.8) is 0 Å². The van der Waals surface area contributed by atoms with Crippen molar-refractivity contribution in [1.82, 2.24) is 15.3 Å². The van der Waals surface area contributed by atoms with Gasteiger partial charge in [0, 0.05) is 38.1 Å². The van der Waals surface area contributed by atoms with Crippen LogP contribution in [0.25, 0.3) is 10.2 Å². The van der Waals surface area contributed by atoms with Crippen molar-refractivity contribution in [3.8, 4) is 0 Å². The van der Waals surface area contributed by atoms with E-state index in [9.17, 15) is 0 Å². The third kappa shape index (κ3) is 2.58. The lowest BCUT2D eigenvalue weighted by Gasteiger charge is -2.27. The van der Waals surface area contributed by atoms with Crippen LogP contribution in [0.5, 0.6) is 0 Å². The molecule has 6 heteroatoms. The standard InChI is InChI=1S/C15H23N5S/c1-9(2)12-10(3)11-13(16-4)18-15(19-14(11)21-12)20-7-5-17-6-8-20/h9,17H,5-8H2,1-4H3,(H,16,18,19). The minimum absolute atomic E-state index is 0.525. The molecular formula is C15H23N5S. The van der Waals surface area contributed by atoms with Gasteiger partial charge in [0.05, 0.1) is 5.39 Å². The first-order chi connectivity index (χ1) is 10.1. The number of aryl methyl sites for hydroxylation is 1. The van der Waals surface area contributed by atoms with Crippen LogP contribution in [0, 0.1) is 6.92 Å². The zero-order valence-electron chi connectivity index (χ0n) is 13.2. The van der Waals surface area contributed by atoms with Gasteiger partial charge in [-0.05, 0) is 18.4 Å². The van der Waals surface area contributed by atoms with Crippen LogP contribution in [-0.4, -0.2) is 43.2 Å². The molecule has 1 fully saturated rings. The Morgan fingerprint density at radius 3 is 2.57 bits per heavy atom. The van der Waals surface area contributed by atoms with Crippen LogP contribution in [0.3, 0.4) is 0 Å². The minimum Gasteiger partial charge on any atom is -0.372 e. The lowest BCUT2D eigenvalue weighted by molar-refractivity contribution is 0.581. The minimum atomic E-state index is 0.525. The highest BCUT2D eigenvalue weighted by molar-refractivity contribution is 7.19. The number of piperazine rings is 1. The maximum Gasteiger partial charge on any atom is 0.228 e. The number of anilines is 2. The van der Waals surface area contributed by atoms with E-state index >= 15 is 0 Å². The fraction of sp³-hybridized carbons (Fsp3) is 0.600. The second-order valence-electron chi connectivity index (χ2n) is 5.79. The van der Waals surface area contributed by atoms with Gasteiger partial charge in [-0.2, -0.15) is 4.98 Å². The molecule has 0 atom stereocenters. The highest BCUT2D eigenvalue weighted by Crippen LogP contribution is 2.38. The normalized spacial score (nSPS) is 16.0. The van der Waals surface area contributed by atoms with E-state index in [2.05, 4.69) is 36.3 Å². The summed E-state index contributed by atoms with van der Waals surface area (Å²) in [6, 6.07) is 0. The van der Waals surface area contributed by atoms with Crippen molar-refractivity contribution >= 4 is 33.3 Å². The van der Waals surface area contributed by atoms with E-state index in [0.717, 1.165) is 42.8 Å². The van der Waals surface area contributed by atoms with Crippen LogP contribution in [-0.2, 0) is 0 Å². The Balaban J connectivity index is 2.12. The molecule has 2 aromatic heterocycles. The summed E-state index contributed by atoms with van der Waals surface area (Å²) in [5.41, 5.74) is 1.32. The van der Waals surface area contributed by atoms with Crippen molar-refractivity contribution in [3.05, 3.63) is 10.4 Å². The molecule has 0 bridgehead atoms. The number of nitrogens with zero attached hydrogens (tertiary/aromatic N) is 3. The van der Waals surface area contributed by atoms with Gasteiger partial charge in [0.2, 0.25) is 5.95 Å². The third-order valence-electron chi connectivity index (χ3n) is 3.98. The van der Waals surface area contributed by atoms with Crippen molar-refractivity contribution in [2.24, 2.45) is 0 Å². The first kappa shape index (κ1) is 14.5. The average molecular weight is 305 g/mol. The van der Waals surface area contributed by atoms with Gasteiger partial charge in [0.15, 0.2) is 0 Å². The number of hydrogen-bond donors (Lipinski definition) is 2. The molecule has 114 valence electrons. The lowest BCUT2D eigenvalue weighted by atomic mass is 10.1. The summed E-state index contributed by atoms with van der Waals surface area (Å²) in [5.74, 6) is 2.33. The van der Waals surface area contributed by atoms with Gasteiger partial charge >= 0.3 is 0 Å². The SMILES string of the molecule is CNc1nc(N2CCNCC2)nc2sc(C(C)C)c(C)c12. The van der Waals surface area contributed by atoms with Crippen molar-refractivity contribution in [2.45, 2.75) is 26.7 Å². The molecule has 0 unspecified atom stereocenters. The third-order valence-corrected chi connectivity index (χ3v) is 5.46. The summed E-state index contributed by atoms with van der Waals surface area (Å²) in [7, 11) is 1.94. The zero-order valence-corrected chi connectivity index (χ0v) is 14.0. The molecule has 2 aromatic rings. The first-order valence-electron chi connectivity index (χ1n) is 7.56. The number of nitrogens with one attached hydrogen (secondary N) is 2. The molecule has 5 nitrogen and oxygen atoms in total. The van der Waals surface area contributed by atoms with E-state index in [1.165, 1.54) is 15.8 Å². The number of thiophene rings is 1. The number of fused-ring (bicyclic) bond motifs is 1. The zero-order chi connectivity index (χ0) is 15.0. The lowest BCUT2D eigenvalue weighted by Crippen LogP contribution is -2.44. The molecule has 0 saturated carbocycles. The average Bonchev–Trinajstić information content (AvgIpc) is 2.85. The fourth-order valence-corrected chi connectivity index (χ4v) is 4.06. The summed E-state index contributed by atoms with van der Waals surface area (Å²) in [6.45, 7) is 10.6. The highest BCUT2D eigenvalue weighted by Gasteiger charge is 2.20. The van der Waals surface area contributed by atoms with Crippen LogP contribution in [0.15, 0.2) is 0 Å². The Morgan fingerprint density at radius 1 is 1.24 bits per heavy atom. The monoisotopic (exact) mass is 305 g/mol. The van der Waals surface area contributed by atoms with Crippen molar-refractivity contribution < 1.29 is 0 Å². The number of rotatable bonds is 3. The van der Waals surface area contributed by atoms with E-state index in [-0.39, 0.29) is 0 Å². The Labute approximate surface area is 129 Å². The van der Waals surface area contributed by atoms with Gasteiger partial charge < -0.3 is 15.5 Å². The summed E-state index contributed by atoms with van der Waals surface area (Å²) in [5, 5.41) is 7.81. The van der Waals surface area contributed by atoms with Crippen LogP contribution in [0.2, 0.25) is 0 Å². The molecule has 0 spiro atoms. The number of aromatic nitrogens is 2. The quantitative estimate of drug-likeness (QED) is 0.913. The maximum atomic E-state index is 4.84. The van der Waals surface area contributed by atoms with Gasteiger partial charge in [-0.1, -0.05) is 13.8 Å². The molecule has 0 aliphatic carbocycles. The predicted molar refractivity (Wildman–Crippen MR) is 90.9 cm³/mol. The van der Waals surface area contributed by atoms with E-state index < -0.39 is 0 Å². The molecule has 2 N–H and O–H groups in total. The molecule has 3 rings (SSSR count). The molecule has 0 amide bonds. The Bertz CT molecular complexity index is 643. The van der Waals surface area contributed by atoms with Crippen molar-refractivity contribution in [2.75, 3.05) is 43.4 Å². The van der Waals surface area contributed by atoms with Crippen LogP contribution in [0.4, 0.5) is 11.8 Å². The van der Waals surface area contributed by atoms with E-state index in [1.54, 1.807) is 11.3 Å². The molecule has 1 saturated heterocycles. The largest absolute Gasteiger partial charge is 0.372 e. The van der Waals surface area contributed by atoms with Gasteiger partial charge in [-0.15, -0.1) is 11.3 Å². The second kappa shape index (κ2) is 5.77. The summed E-state index contributed by atoms with van der Waals surface area (Å²) in [4.78, 5) is 14.4. The Hall–Kier alpha value is -1.40. The molecule has 1 aliphatic rings. The van der Waals surface area contributed by atoms with Crippen LogP contribution in [0.1, 0.15) is 30.2 Å². The molecule has 21 heavy (non-hydrogen) atoms. The summed E-state index contributed by atoms with van der Waals surface area (Å²) in [6.07, 6.45) is 0. The molecule has 0 aromatic carbocycles. The van der Waals surface area contributed by atoms with Crippen LogP contribution < -0.4 is 15.5 Å².